The summed E-state index contributed by atoms with van der Waals surface area (Å²) in [6.45, 7) is 8.60. The molecule has 0 aliphatic rings. The largest absolute Gasteiger partial charge is 0.391 e. The van der Waals surface area contributed by atoms with Crippen molar-refractivity contribution in [2.24, 2.45) is 0 Å². The van der Waals surface area contributed by atoms with Crippen LogP contribution in [0.3, 0.4) is 0 Å². The van der Waals surface area contributed by atoms with Gasteiger partial charge in [-0.25, -0.2) is 0 Å². The van der Waals surface area contributed by atoms with E-state index in [1.165, 1.54) is 77.0 Å². The maximum atomic E-state index is 9.25. The van der Waals surface area contributed by atoms with Gasteiger partial charge in [-0.1, -0.05) is 71.1 Å². The Morgan fingerprint density at radius 1 is 0.522 bits per heavy atom. The third-order valence-corrected chi connectivity index (χ3v) is 5.31. The molecule has 0 saturated heterocycles. The highest BCUT2D eigenvalue weighted by atomic mass is 16.3. The highest BCUT2D eigenvalue weighted by molar-refractivity contribution is 4.50. The van der Waals surface area contributed by atoms with Gasteiger partial charge < -0.3 is 14.7 Å². The molecule has 0 bridgehead atoms. The van der Waals surface area contributed by atoms with Crippen molar-refractivity contribution in [3.63, 3.8) is 0 Å². The van der Waals surface area contributed by atoms with Gasteiger partial charge in [-0.2, -0.15) is 0 Å². The number of hydrogen-bond acceptors (Lipinski definition) is 2. The van der Waals surface area contributed by atoms with Gasteiger partial charge in [0.15, 0.2) is 0 Å². The van der Waals surface area contributed by atoms with Crippen molar-refractivity contribution in [2.45, 2.75) is 90.9 Å². The Hall–Kier alpha value is -0.120. The number of aliphatic hydroxyl groups is 2. The second-order valence-electron chi connectivity index (χ2n) is 7.16. The van der Waals surface area contributed by atoms with Crippen LogP contribution >= 0.6 is 0 Å². The molecule has 3 nitrogen and oxygen atoms in total. The SMILES string of the molecule is CCCCCCCCCCCCCC[N+](CC)(CCO)CCO. The number of nitrogens with zero attached hydrogens (tertiary/aromatic N) is 1. The van der Waals surface area contributed by atoms with E-state index in [0.717, 1.165) is 30.7 Å². The van der Waals surface area contributed by atoms with E-state index in [-0.39, 0.29) is 13.2 Å². The molecule has 0 aromatic heterocycles. The fourth-order valence-electron chi connectivity index (χ4n) is 3.52. The van der Waals surface area contributed by atoms with E-state index in [1.807, 2.05) is 0 Å². The predicted octanol–water partition coefficient (Wildman–Crippen LogP) is 4.51. The molecule has 140 valence electrons. The summed E-state index contributed by atoms with van der Waals surface area (Å²) in [5, 5.41) is 18.5. The van der Waals surface area contributed by atoms with Crippen LogP contribution in [0.25, 0.3) is 0 Å². The van der Waals surface area contributed by atoms with Gasteiger partial charge in [-0.15, -0.1) is 0 Å². The molecule has 0 fully saturated rings. The highest BCUT2D eigenvalue weighted by Gasteiger charge is 2.23. The predicted molar refractivity (Wildman–Crippen MR) is 101 cm³/mol. The van der Waals surface area contributed by atoms with Crippen LogP contribution in [0.1, 0.15) is 90.9 Å². The Bertz CT molecular complexity index is 228. The van der Waals surface area contributed by atoms with E-state index in [4.69, 9.17) is 0 Å². The van der Waals surface area contributed by atoms with E-state index in [1.54, 1.807) is 0 Å². The summed E-state index contributed by atoms with van der Waals surface area (Å²) in [5.41, 5.74) is 0. The Balaban J connectivity index is 3.49. The van der Waals surface area contributed by atoms with Crippen molar-refractivity contribution in [3.8, 4) is 0 Å². The molecule has 0 aliphatic heterocycles. The number of unbranched alkanes of at least 4 members (excludes halogenated alkanes) is 11. The van der Waals surface area contributed by atoms with Crippen LogP contribution < -0.4 is 0 Å². The molecule has 23 heavy (non-hydrogen) atoms. The lowest BCUT2D eigenvalue weighted by molar-refractivity contribution is -0.927. The van der Waals surface area contributed by atoms with Gasteiger partial charge in [0.1, 0.15) is 13.1 Å². The van der Waals surface area contributed by atoms with E-state index < -0.39 is 0 Å². The zero-order valence-corrected chi connectivity index (χ0v) is 16.1. The average Bonchev–Trinajstić information content (AvgIpc) is 2.56. The first kappa shape index (κ1) is 22.9. The molecule has 0 aromatic rings. The van der Waals surface area contributed by atoms with Crippen LogP contribution in [0.2, 0.25) is 0 Å². The lowest BCUT2D eigenvalue weighted by Crippen LogP contribution is -2.52. The zero-order chi connectivity index (χ0) is 17.2. The van der Waals surface area contributed by atoms with E-state index >= 15 is 0 Å². The van der Waals surface area contributed by atoms with Gasteiger partial charge in [0, 0.05) is 0 Å². The number of aliphatic hydroxyl groups excluding tert-OH is 2. The molecule has 0 aliphatic carbocycles. The van der Waals surface area contributed by atoms with Gasteiger partial charge in [0.05, 0.1) is 26.3 Å². The molecule has 0 aromatic carbocycles. The molecule has 2 N–H and O–H groups in total. The zero-order valence-electron chi connectivity index (χ0n) is 16.1. The summed E-state index contributed by atoms with van der Waals surface area (Å²) >= 11 is 0. The molecule has 0 radical (unpaired) electrons. The van der Waals surface area contributed by atoms with Gasteiger partial charge >= 0.3 is 0 Å². The Labute approximate surface area is 145 Å². The normalized spacial score (nSPS) is 12.0. The summed E-state index contributed by atoms with van der Waals surface area (Å²) in [6.07, 6.45) is 16.5. The lowest BCUT2D eigenvalue weighted by atomic mass is 10.0. The summed E-state index contributed by atoms with van der Waals surface area (Å²) < 4.78 is 0.880. The van der Waals surface area contributed by atoms with Crippen LogP contribution in [0.4, 0.5) is 0 Å². The van der Waals surface area contributed by atoms with Gasteiger partial charge in [0.25, 0.3) is 0 Å². The highest BCUT2D eigenvalue weighted by Crippen LogP contribution is 2.14. The molecule has 0 heterocycles. The molecule has 0 rings (SSSR count). The molecular weight excluding hydrogens is 286 g/mol. The minimum atomic E-state index is 0.228. The first-order valence-corrected chi connectivity index (χ1v) is 10.3. The standard InChI is InChI=1S/C20H44NO2/c1-3-5-6-7-8-9-10-11-12-13-14-15-16-21(4-2,17-19-22)18-20-23/h22-23H,3-20H2,1-2H3/q+1. The fourth-order valence-corrected chi connectivity index (χ4v) is 3.52. The quantitative estimate of drug-likeness (QED) is 0.287. The molecule has 0 amide bonds. The lowest BCUT2D eigenvalue weighted by Gasteiger charge is -2.37. The first-order chi connectivity index (χ1) is 11.2. The summed E-state index contributed by atoms with van der Waals surface area (Å²) in [7, 11) is 0. The van der Waals surface area contributed by atoms with Crippen LogP contribution in [-0.2, 0) is 0 Å². The molecule has 0 unspecified atom stereocenters. The summed E-state index contributed by atoms with van der Waals surface area (Å²) in [5.74, 6) is 0. The van der Waals surface area contributed by atoms with Crippen molar-refractivity contribution in [1.82, 2.24) is 0 Å². The molecule has 0 atom stereocenters. The van der Waals surface area contributed by atoms with E-state index in [2.05, 4.69) is 13.8 Å². The Morgan fingerprint density at radius 2 is 0.913 bits per heavy atom. The Morgan fingerprint density at radius 3 is 1.26 bits per heavy atom. The summed E-state index contributed by atoms with van der Waals surface area (Å²) in [6, 6.07) is 0. The van der Waals surface area contributed by atoms with Crippen molar-refractivity contribution in [1.29, 1.82) is 0 Å². The third-order valence-electron chi connectivity index (χ3n) is 5.31. The number of likely N-dealkylation sites (N-methyl/N-ethyl adjacent to an activating group) is 1. The molecule has 0 saturated carbocycles. The Kier molecular flexibility index (Phi) is 16.6. The number of hydrogen-bond donors (Lipinski definition) is 2. The van der Waals surface area contributed by atoms with Crippen molar-refractivity contribution < 1.29 is 14.7 Å². The van der Waals surface area contributed by atoms with Crippen LogP contribution in [0.15, 0.2) is 0 Å². The van der Waals surface area contributed by atoms with Crippen molar-refractivity contribution >= 4 is 0 Å². The van der Waals surface area contributed by atoms with Crippen LogP contribution in [-0.4, -0.2) is 54.1 Å². The van der Waals surface area contributed by atoms with Gasteiger partial charge in [-0.3, -0.25) is 0 Å². The van der Waals surface area contributed by atoms with E-state index in [9.17, 15) is 10.2 Å². The molecule has 0 spiro atoms. The van der Waals surface area contributed by atoms with E-state index in [0.29, 0.717) is 0 Å². The maximum Gasteiger partial charge on any atom is 0.102 e. The minimum absolute atomic E-state index is 0.228. The second-order valence-corrected chi connectivity index (χ2v) is 7.16. The summed E-state index contributed by atoms with van der Waals surface area (Å²) in [4.78, 5) is 0. The number of rotatable bonds is 18. The minimum Gasteiger partial charge on any atom is -0.391 e. The maximum absolute atomic E-state index is 9.25. The van der Waals surface area contributed by atoms with Gasteiger partial charge in [0.2, 0.25) is 0 Å². The smallest absolute Gasteiger partial charge is 0.102 e. The van der Waals surface area contributed by atoms with Crippen molar-refractivity contribution in [2.75, 3.05) is 39.4 Å². The fraction of sp³-hybridized carbons (Fsp3) is 1.00. The second kappa shape index (κ2) is 16.7. The first-order valence-electron chi connectivity index (χ1n) is 10.3. The van der Waals surface area contributed by atoms with Crippen LogP contribution in [0, 0.1) is 0 Å². The third kappa shape index (κ3) is 12.9. The van der Waals surface area contributed by atoms with Crippen molar-refractivity contribution in [3.05, 3.63) is 0 Å². The van der Waals surface area contributed by atoms with Crippen LogP contribution in [0.5, 0.6) is 0 Å². The van der Waals surface area contributed by atoms with Gasteiger partial charge in [-0.05, 0) is 19.8 Å². The number of quaternary nitrogens is 1. The molecule has 3 heteroatoms. The molecular formula is C20H44NO2+. The average molecular weight is 331 g/mol. The topological polar surface area (TPSA) is 40.5 Å². The monoisotopic (exact) mass is 330 g/mol.